The van der Waals surface area contributed by atoms with E-state index < -0.39 is 11.9 Å². The van der Waals surface area contributed by atoms with E-state index >= 15 is 0 Å². The summed E-state index contributed by atoms with van der Waals surface area (Å²) < 4.78 is 43.6. The maximum absolute atomic E-state index is 12.6. The number of benzene rings is 2. The molecule has 166 valence electrons. The van der Waals surface area contributed by atoms with Crippen molar-refractivity contribution in [3.63, 3.8) is 0 Å². The molecule has 0 saturated carbocycles. The van der Waals surface area contributed by atoms with Crippen molar-refractivity contribution in [2.75, 3.05) is 7.05 Å². The number of rotatable bonds is 7. The number of thiazole rings is 1. The zero-order valence-corrected chi connectivity index (χ0v) is 19.8. The van der Waals surface area contributed by atoms with Crippen LogP contribution in [-0.2, 0) is 25.9 Å². The molecule has 10 heteroatoms. The van der Waals surface area contributed by atoms with E-state index in [1.165, 1.54) is 0 Å². The summed E-state index contributed by atoms with van der Waals surface area (Å²) in [4.78, 5) is 7.67. The summed E-state index contributed by atoms with van der Waals surface area (Å²) in [5.41, 5.74) is 1.24. The average molecular weight is 562 g/mol. The number of hydrogen-bond donors (Lipinski definition) is 2. The fraction of sp³-hybridized carbons (Fsp3) is 0.238. The summed E-state index contributed by atoms with van der Waals surface area (Å²) in [6.45, 7) is 1.17. The lowest BCUT2D eigenvalue weighted by atomic mass is 10.2. The summed E-state index contributed by atoms with van der Waals surface area (Å²) in [6, 6.07) is 17.6. The van der Waals surface area contributed by atoms with Gasteiger partial charge in [0.2, 0.25) is 0 Å². The van der Waals surface area contributed by atoms with Gasteiger partial charge < -0.3 is 15.4 Å². The number of ether oxygens (including phenoxy) is 1. The highest BCUT2D eigenvalue weighted by atomic mass is 127. The molecule has 2 N–H and O–H groups in total. The van der Waals surface area contributed by atoms with Crippen LogP contribution < -0.4 is 15.4 Å². The fourth-order valence-corrected chi connectivity index (χ4v) is 3.27. The number of guanidine groups is 1. The topological polar surface area (TPSA) is 58.5 Å². The van der Waals surface area contributed by atoms with Gasteiger partial charge in [0, 0.05) is 19.0 Å². The summed E-state index contributed by atoms with van der Waals surface area (Å²) in [7, 11) is 1.60. The first kappa shape index (κ1) is 24.9. The van der Waals surface area contributed by atoms with Gasteiger partial charge in [0.15, 0.2) is 11.7 Å². The maximum Gasteiger partial charge on any atom is 0.434 e. The van der Waals surface area contributed by atoms with Gasteiger partial charge in [0.25, 0.3) is 0 Å². The zero-order valence-electron chi connectivity index (χ0n) is 16.6. The predicted octanol–water partition coefficient (Wildman–Crippen LogP) is 5.22. The maximum atomic E-state index is 12.6. The molecule has 0 amide bonds. The normalized spacial score (nSPS) is 11.5. The minimum Gasteiger partial charge on any atom is -0.489 e. The number of hydrogen-bond acceptors (Lipinski definition) is 4. The van der Waals surface area contributed by atoms with E-state index in [1.807, 2.05) is 54.6 Å². The third-order valence-corrected chi connectivity index (χ3v) is 4.95. The molecule has 0 fully saturated rings. The first-order chi connectivity index (χ1) is 14.4. The summed E-state index contributed by atoms with van der Waals surface area (Å²) in [5, 5.41) is 7.44. The van der Waals surface area contributed by atoms with Crippen molar-refractivity contribution < 1.29 is 17.9 Å². The van der Waals surface area contributed by atoms with Crippen LogP contribution >= 0.6 is 35.3 Å². The van der Waals surface area contributed by atoms with E-state index in [2.05, 4.69) is 20.6 Å². The van der Waals surface area contributed by atoms with Gasteiger partial charge in [-0.2, -0.15) is 13.2 Å². The van der Waals surface area contributed by atoms with Crippen LogP contribution in [-0.4, -0.2) is 18.0 Å². The van der Waals surface area contributed by atoms with Crippen molar-refractivity contribution in [2.45, 2.75) is 25.9 Å². The van der Waals surface area contributed by atoms with Crippen LogP contribution in [0.4, 0.5) is 13.2 Å². The van der Waals surface area contributed by atoms with Gasteiger partial charge in [-0.15, -0.1) is 35.3 Å². The molecule has 0 aliphatic rings. The van der Waals surface area contributed by atoms with Crippen LogP contribution in [0, 0.1) is 0 Å². The molecule has 3 rings (SSSR count). The lowest BCUT2D eigenvalue weighted by molar-refractivity contribution is -0.140. The van der Waals surface area contributed by atoms with Gasteiger partial charge in [-0.3, -0.25) is 4.99 Å². The molecule has 3 aromatic rings. The second-order valence-electron chi connectivity index (χ2n) is 6.32. The second-order valence-corrected chi connectivity index (χ2v) is 7.26. The minimum atomic E-state index is -4.42. The fourth-order valence-electron chi connectivity index (χ4n) is 2.53. The van der Waals surface area contributed by atoms with Gasteiger partial charge in [0.1, 0.15) is 17.4 Å². The highest BCUT2D eigenvalue weighted by Gasteiger charge is 2.33. The molecule has 5 nitrogen and oxygen atoms in total. The monoisotopic (exact) mass is 562 g/mol. The van der Waals surface area contributed by atoms with Gasteiger partial charge in [-0.1, -0.05) is 42.5 Å². The Morgan fingerprint density at radius 2 is 1.68 bits per heavy atom. The van der Waals surface area contributed by atoms with E-state index in [9.17, 15) is 13.2 Å². The largest absolute Gasteiger partial charge is 0.489 e. The van der Waals surface area contributed by atoms with E-state index in [1.54, 1.807) is 7.05 Å². The predicted molar refractivity (Wildman–Crippen MR) is 127 cm³/mol. The van der Waals surface area contributed by atoms with Crippen LogP contribution in [0.25, 0.3) is 0 Å². The van der Waals surface area contributed by atoms with Crippen LogP contribution in [0.1, 0.15) is 21.8 Å². The molecular weight excluding hydrogens is 540 g/mol. The van der Waals surface area contributed by atoms with Crippen molar-refractivity contribution >= 4 is 41.3 Å². The highest BCUT2D eigenvalue weighted by Crippen LogP contribution is 2.29. The van der Waals surface area contributed by atoms with E-state index in [-0.39, 0.29) is 30.5 Å². The van der Waals surface area contributed by atoms with Gasteiger partial charge in [-0.25, -0.2) is 4.98 Å². The Balaban J connectivity index is 0.00000341. The number of nitrogens with one attached hydrogen (secondary N) is 2. The smallest absolute Gasteiger partial charge is 0.434 e. The first-order valence-corrected chi connectivity index (χ1v) is 10.0. The Hall–Kier alpha value is -2.34. The van der Waals surface area contributed by atoms with E-state index in [0.29, 0.717) is 24.1 Å². The van der Waals surface area contributed by atoms with Crippen molar-refractivity contribution in [3.05, 3.63) is 81.8 Å². The van der Waals surface area contributed by atoms with Crippen molar-refractivity contribution in [1.82, 2.24) is 15.6 Å². The zero-order chi connectivity index (χ0) is 21.4. The Morgan fingerprint density at radius 3 is 2.29 bits per heavy atom. The Bertz CT molecular complexity index is 963. The van der Waals surface area contributed by atoms with E-state index in [0.717, 1.165) is 33.6 Å². The Morgan fingerprint density at radius 1 is 1.00 bits per heavy atom. The molecule has 0 radical (unpaired) electrons. The first-order valence-electron chi connectivity index (χ1n) is 9.16. The molecule has 1 aromatic heterocycles. The van der Waals surface area contributed by atoms with Crippen LogP contribution in [0.5, 0.6) is 5.75 Å². The second kappa shape index (κ2) is 11.9. The van der Waals surface area contributed by atoms with Gasteiger partial charge >= 0.3 is 6.18 Å². The molecule has 0 aliphatic carbocycles. The van der Waals surface area contributed by atoms with Crippen molar-refractivity contribution in [2.24, 2.45) is 4.99 Å². The van der Waals surface area contributed by atoms with Crippen LogP contribution in [0.15, 0.2) is 65.0 Å². The van der Waals surface area contributed by atoms with Gasteiger partial charge in [-0.05, 0) is 23.3 Å². The minimum absolute atomic E-state index is 0. The van der Waals surface area contributed by atoms with Crippen LogP contribution in [0.3, 0.4) is 0 Å². The molecule has 0 atom stereocenters. The quantitative estimate of drug-likeness (QED) is 0.236. The average Bonchev–Trinajstić information content (AvgIpc) is 3.24. The third kappa shape index (κ3) is 8.02. The molecule has 0 aliphatic heterocycles. The Kier molecular flexibility index (Phi) is 9.56. The van der Waals surface area contributed by atoms with Crippen LogP contribution in [0.2, 0.25) is 0 Å². The molecule has 2 aromatic carbocycles. The standard InChI is InChI=1S/C21H21F3N4OS.HI/c1-25-20(27-12-19-28-18(14-30-19)21(22,23)24)26-11-15-7-9-17(10-8-15)29-13-16-5-3-2-4-6-16;/h2-10,14H,11-13H2,1H3,(H2,25,26,27);1H. The lowest BCUT2D eigenvalue weighted by Gasteiger charge is -2.12. The van der Waals surface area contributed by atoms with E-state index in [4.69, 9.17) is 4.74 Å². The number of nitrogens with zero attached hydrogens (tertiary/aromatic N) is 2. The third-order valence-electron chi connectivity index (χ3n) is 4.10. The number of aromatic nitrogens is 1. The molecule has 1 heterocycles. The molecule has 0 spiro atoms. The summed E-state index contributed by atoms with van der Waals surface area (Å²) in [6.07, 6.45) is -4.42. The molecule has 0 unspecified atom stereocenters. The molecule has 31 heavy (non-hydrogen) atoms. The number of alkyl halides is 3. The molecule has 0 bridgehead atoms. The summed E-state index contributed by atoms with van der Waals surface area (Å²) >= 11 is 0.958. The van der Waals surface area contributed by atoms with Crippen molar-refractivity contribution in [3.8, 4) is 5.75 Å². The highest BCUT2D eigenvalue weighted by molar-refractivity contribution is 14.0. The molecule has 0 saturated heterocycles. The number of aliphatic imine (C=N–C) groups is 1. The lowest BCUT2D eigenvalue weighted by Crippen LogP contribution is -2.36. The van der Waals surface area contributed by atoms with Crippen molar-refractivity contribution in [1.29, 1.82) is 0 Å². The van der Waals surface area contributed by atoms with Gasteiger partial charge in [0.05, 0.1) is 6.54 Å². The SMILES string of the molecule is CN=C(NCc1ccc(OCc2ccccc2)cc1)NCc1nc(C(F)(F)F)cs1.I. The summed E-state index contributed by atoms with van der Waals surface area (Å²) in [5.74, 6) is 1.25. The molecular formula is C21H22F3IN4OS. The number of halogens is 4. The Labute approximate surface area is 199 Å².